The maximum Gasteiger partial charge on any atom is 0.328 e. The molecule has 2 aromatic rings. The zero-order chi connectivity index (χ0) is 29.5. The SMILES string of the molecule is CN(CCOc1ccc(CC2SC(=O)NC2=O)cc1)c1ccccn1.O=C(O)/C=C\C(=O)O.O=C1CSC(=O)N1. The molecule has 1 aromatic carbocycles. The van der Waals surface area contributed by atoms with Crippen molar-refractivity contribution in [3.63, 3.8) is 0 Å². The second-order valence-electron chi connectivity index (χ2n) is 7.82. The highest BCUT2D eigenvalue weighted by Crippen LogP contribution is 2.24. The molecule has 4 rings (SSSR count). The van der Waals surface area contributed by atoms with Crippen LogP contribution in [0, 0.1) is 0 Å². The number of hydrogen-bond acceptors (Lipinski definition) is 11. The number of thioether (sulfide) groups is 2. The van der Waals surface area contributed by atoms with E-state index < -0.39 is 11.9 Å². The molecule has 0 bridgehead atoms. The Morgan fingerprint density at radius 3 is 2.15 bits per heavy atom. The molecule has 4 N–H and O–H groups in total. The molecule has 2 aliphatic heterocycles. The maximum atomic E-state index is 11.6. The van der Waals surface area contributed by atoms with Gasteiger partial charge in [-0.2, -0.15) is 0 Å². The Labute approximate surface area is 237 Å². The number of aliphatic carboxylic acids is 2. The van der Waals surface area contributed by atoms with Crippen molar-refractivity contribution in [3.05, 3.63) is 66.4 Å². The quantitative estimate of drug-likeness (QED) is 0.311. The third kappa shape index (κ3) is 12.4. The largest absolute Gasteiger partial charge is 0.492 e. The monoisotopic (exact) mass is 590 g/mol. The molecule has 1 atom stereocenters. The van der Waals surface area contributed by atoms with Gasteiger partial charge in [0.2, 0.25) is 11.8 Å². The number of imide groups is 2. The van der Waals surface area contributed by atoms with Crippen LogP contribution in [0.5, 0.6) is 5.75 Å². The first kappa shape index (κ1) is 31.8. The molecule has 4 amide bonds. The van der Waals surface area contributed by atoms with Crippen molar-refractivity contribution >= 4 is 63.6 Å². The number of anilines is 1. The number of carbonyl (C=O) groups is 6. The van der Waals surface area contributed by atoms with Crippen molar-refractivity contribution in [2.75, 3.05) is 30.9 Å². The Balaban J connectivity index is 0.000000305. The summed E-state index contributed by atoms with van der Waals surface area (Å²) in [6.07, 6.45) is 3.41. The van der Waals surface area contributed by atoms with Gasteiger partial charge in [0.1, 0.15) is 18.2 Å². The molecule has 13 nitrogen and oxygen atoms in total. The van der Waals surface area contributed by atoms with Crippen LogP contribution in [0.1, 0.15) is 5.56 Å². The van der Waals surface area contributed by atoms with Gasteiger partial charge in [0.25, 0.3) is 10.5 Å². The number of rotatable bonds is 9. The summed E-state index contributed by atoms with van der Waals surface area (Å²) in [7, 11) is 1.97. The van der Waals surface area contributed by atoms with E-state index >= 15 is 0 Å². The number of ether oxygens (including phenoxy) is 1. The van der Waals surface area contributed by atoms with Gasteiger partial charge in [-0.15, -0.1) is 0 Å². The molecule has 3 heterocycles. The Hall–Kier alpha value is -4.37. The van der Waals surface area contributed by atoms with Crippen molar-refractivity contribution in [2.24, 2.45) is 0 Å². The second-order valence-corrected chi connectivity index (χ2v) is 9.95. The van der Waals surface area contributed by atoms with Gasteiger partial charge >= 0.3 is 11.9 Å². The van der Waals surface area contributed by atoms with E-state index in [0.29, 0.717) is 30.9 Å². The van der Waals surface area contributed by atoms with Crippen LogP contribution in [0.2, 0.25) is 0 Å². The van der Waals surface area contributed by atoms with Crippen LogP contribution in [-0.4, -0.2) is 80.6 Å². The molecule has 2 saturated heterocycles. The van der Waals surface area contributed by atoms with Crippen molar-refractivity contribution in [1.29, 1.82) is 0 Å². The van der Waals surface area contributed by atoms with E-state index in [1.54, 1.807) is 6.20 Å². The second kappa shape index (κ2) is 16.6. The smallest absolute Gasteiger partial charge is 0.328 e. The zero-order valence-corrected chi connectivity index (χ0v) is 22.8. The number of carboxylic acids is 2. The van der Waals surface area contributed by atoms with Crippen LogP contribution in [0.25, 0.3) is 0 Å². The number of nitrogens with zero attached hydrogens (tertiary/aromatic N) is 2. The third-order valence-corrected chi connectivity index (χ3v) is 6.54. The van der Waals surface area contributed by atoms with Crippen LogP contribution in [-0.2, 0) is 25.6 Å². The molecule has 40 heavy (non-hydrogen) atoms. The molecule has 0 spiro atoms. The fourth-order valence-electron chi connectivity index (χ4n) is 2.92. The van der Waals surface area contributed by atoms with Crippen LogP contribution in [0.15, 0.2) is 60.8 Å². The number of nitrogens with one attached hydrogen (secondary N) is 2. The molecule has 0 radical (unpaired) electrons. The van der Waals surface area contributed by atoms with Crippen molar-refractivity contribution < 1.29 is 43.7 Å². The zero-order valence-electron chi connectivity index (χ0n) is 21.1. The number of aromatic nitrogens is 1. The summed E-state index contributed by atoms with van der Waals surface area (Å²) < 4.78 is 5.75. The van der Waals surface area contributed by atoms with Gasteiger partial charge in [0.15, 0.2) is 0 Å². The fourth-order valence-corrected chi connectivity index (χ4v) is 4.30. The third-order valence-electron chi connectivity index (χ3n) is 4.79. The minimum Gasteiger partial charge on any atom is -0.492 e. The number of carboxylic acid groups (broad SMARTS) is 2. The molecule has 0 aliphatic carbocycles. The van der Waals surface area contributed by atoms with Crippen molar-refractivity contribution in [2.45, 2.75) is 11.7 Å². The van der Waals surface area contributed by atoms with Crippen molar-refractivity contribution in [1.82, 2.24) is 15.6 Å². The lowest BCUT2D eigenvalue weighted by Gasteiger charge is -2.18. The minimum atomic E-state index is -1.26. The van der Waals surface area contributed by atoms with Gasteiger partial charge < -0.3 is 19.8 Å². The first-order chi connectivity index (χ1) is 19.0. The summed E-state index contributed by atoms with van der Waals surface area (Å²) in [4.78, 5) is 68.4. The Morgan fingerprint density at radius 2 is 1.70 bits per heavy atom. The molecule has 212 valence electrons. The summed E-state index contributed by atoms with van der Waals surface area (Å²) in [5.41, 5.74) is 1.00. The van der Waals surface area contributed by atoms with E-state index in [0.717, 1.165) is 47.2 Å². The molecular weight excluding hydrogens is 564 g/mol. The van der Waals surface area contributed by atoms with E-state index in [-0.39, 0.29) is 27.5 Å². The average molecular weight is 591 g/mol. The summed E-state index contributed by atoms with van der Waals surface area (Å²) in [6, 6.07) is 13.4. The van der Waals surface area contributed by atoms with Gasteiger partial charge in [-0.05, 0) is 36.2 Å². The molecular formula is C25H26N4O9S2. The van der Waals surface area contributed by atoms with E-state index in [9.17, 15) is 28.8 Å². The fraction of sp³-hybridized carbons (Fsp3) is 0.240. The lowest BCUT2D eigenvalue weighted by Crippen LogP contribution is -2.25. The van der Waals surface area contributed by atoms with E-state index in [2.05, 4.69) is 15.6 Å². The Kier molecular flexibility index (Phi) is 13.2. The first-order valence-corrected chi connectivity index (χ1v) is 13.4. The van der Waals surface area contributed by atoms with Gasteiger partial charge in [-0.1, -0.05) is 41.7 Å². The molecule has 2 aliphatic rings. The van der Waals surface area contributed by atoms with Crippen LogP contribution < -0.4 is 20.3 Å². The predicted molar refractivity (Wildman–Crippen MR) is 148 cm³/mol. The summed E-state index contributed by atoms with van der Waals surface area (Å²) in [6.45, 7) is 1.27. The van der Waals surface area contributed by atoms with Gasteiger partial charge in [-0.25, -0.2) is 14.6 Å². The van der Waals surface area contributed by atoms with Crippen LogP contribution >= 0.6 is 23.5 Å². The Bertz CT molecular complexity index is 1210. The van der Waals surface area contributed by atoms with Gasteiger partial charge in [0.05, 0.1) is 17.5 Å². The number of hydrogen-bond donors (Lipinski definition) is 4. The van der Waals surface area contributed by atoms with Crippen molar-refractivity contribution in [3.8, 4) is 5.75 Å². The predicted octanol–water partition coefficient (Wildman–Crippen LogP) is 2.17. The van der Waals surface area contributed by atoms with Crippen LogP contribution in [0.4, 0.5) is 15.4 Å². The van der Waals surface area contributed by atoms with Gasteiger partial charge in [-0.3, -0.25) is 29.8 Å². The minimum absolute atomic E-state index is 0.185. The van der Waals surface area contributed by atoms with Crippen LogP contribution in [0.3, 0.4) is 0 Å². The molecule has 2 fully saturated rings. The highest BCUT2D eigenvalue weighted by atomic mass is 32.2. The number of amides is 4. The molecule has 15 heteroatoms. The number of benzene rings is 1. The lowest BCUT2D eigenvalue weighted by atomic mass is 10.1. The lowest BCUT2D eigenvalue weighted by molar-refractivity contribution is -0.134. The summed E-state index contributed by atoms with van der Waals surface area (Å²) in [5.74, 6) is -0.942. The van der Waals surface area contributed by atoms with E-state index in [1.165, 1.54) is 0 Å². The molecule has 1 unspecified atom stereocenters. The summed E-state index contributed by atoms with van der Waals surface area (Å²) >= 11 is 2.05. The average Bonchev–Trinajstić information content (AvgIpc) is 3.46. The number of pyridine rings is 1. The number of likely N-dealkylation sites (N-methyl/N-ethyl adjacent to an activating group) is 1. The Morgan fingerprint density at radius 1 is 1.02 bits per heavy atom. The number of carbonyl (C=O) groups excluding carboxylic acids is 4. The highest BCUT2D eigenvalue weighted by molar-refractivity contribution is 8.15. The standard InChI is InChI=1S/C18H19N3O3S.C4H4O4.C3H3NO2S/c1-21(16-4-2-3-9-19-16)10-11-24-14-7-5-13(6-8-14)12-15-17(22)20-18(23)25-15;5-3(6)1-2-4(7)8;5-2-1-7-3(6)4-2/h2-9,15H,10-12H2,1H3,(H,20,22,23);1-2H,(H,5,6)(H,7,8);1H2,(H,4,5,6)/b;2-1-;. The molecule has 0 saturated carbocycles. The topological polar surface area (TPSA) is 192 Å². The van der Waals surface area contributed by atoms with E-state index in [1.807, 2.05) is 54.4 Å². The normalized spacial score (nSPS) is 15.8. The molecule has 1 aromatic heterocycles. The first-order valence-electron chi connectivity index (χ1n) is 11.5. The van der Waals surface area contributed by atoms with Gasteiger partial charge in [0, 0.05) is 25.4 Å². The maximum absolute atomic E-state index is 11.6. The summed E-state index contributed by atoms with van der Waals surface area (Å²) in [5, 5.41) is 19.2. The van der Waals surface area contributed by atoms with E-state index in [4.69, 9.17) is 14.9 Å². The highest BCUT2D eigenvalue weighted by Gasteiger charge is 2.31.